The summed E-state index contributed by atoms with van der Waals surface area (Å²) in [6, 6.07) is 4.66. The van der Waals surface area contributed by atoms with Crippen LogP contribution in [0.25, 0.3) is 0 Å². The zero-order valence-corrected chi connectivity index (χ0v) is 14.3. The van der Waals surface area contributed by atoms with Gasteiger partial charge in [-0.25, -0.2) is 18.7 Å². The van der Waals surface area contributed by atoms with Crippen LogP contribution in [0.15, 0.2) is 30.6 Å². The highest BCUT2D eigenvalue weighted by Gasteiger charge is 2.26. The van der Waals surface area contributed by atoms with Gasteiger partial charge in [-0.1, -0.05) is 0 Å². The Morgan fingerprint density at radius 3 is 2.69 bits per heavy atom. The number of hydrogen-bond donors (Lipinski definition) is 0. The van der Waals surface area contributed by atoms with Crippen LogP contribution in [0, 0.1) is 17.6 Å². The summed E-state index contributed by atoms with van der Waals surface area (Å²) in [5.41, 5.74) is 0. The Hall–Kier alpha value is -2.77. The van der Waals surface area contributed by atoms with Gasteiger partial charge < -0.3 is 14.4 Å². The number of carbonyl (C=O) groups is 1. The second-order valence-electron chi connectivity index (χ2n) is 5.90. The predicted octanol–water partition coefficient (Wildman–Crippen LogP) is 3.33. The molecule has 1 aromatic heterocycles. The average Bonchev–Trinajstić information content (AvgIpc) is 2.65. The van der Waals surface area contributed by atoms with Crippen molar-refractivity contribution in [1.29, 1.82) is 0 Å². The molecule has 0 bridgehead atoms. The number of hydrogen-bond acceptors (Lipinski definition) is 6. The minimum atomic E-state index is -0.805. The van der Waals surface area contributed by atoms with Crippen LogP contribution in [-0.2, 0) is 9.53 Å². The summed E-state index contributed by atoms with van der Waals surface area (Å²) in [5.74, 6) is -1.07. The van der Waals surface area contributed by atoms with Crippen LogP contribution in [0.1, 0.15) is 19.8 Å². The molecular weight excluding hydrogens is 344 g/mol. The Balaban J connectivity index is 1.65. The van der Waals surface area contributed by atoms with Crippen LogP contribution < -0.4 is 9.64 Å². The highest BCUT2D eigenvalue weighted by atomic mass is 19.1. The first-order valence-electron chi connectivity index (χ1n) is 8.43. The molecule has 0 spiro atoms. The summed E-state index contributed by atoms with van der Waals surface area (Å²) in [7, 11) is 0. The average molecular weight is 363 g/mol. The highest BCUT2D eigenvalue weighted by Crippen LogP contribution is 2.27. The second-order valence-corrected chi connectivity index (χ2v) is 5.90. The molecule has 0 radical (unpaired) electrons. The molecule has 1 fully saturated rings. The Morgan fingerprint density at radius 2 is 2.00 bits per heavy atom. The van der Waals surface area contributed by atoms with E-state index in [1.807, 2.05) is 4.90 Å². The zero-order valence-electron chi connectivity index (χ0n) is 14.3. The van der Waals surface area contributed by atoms with Gasteiger partial charge in [0.05, 0.1) is 12.5 Å². The molecule has 6 nitrogen and oxygen atoms in total. The quantitative estimate of drug-likeness (QED) is 0.760. The number of piperidine rings is 1. The van der Waals surface area contributed by atoms with E-state index >= 15 is 0 Å². The van der Waals surface area contributed by atoms with Gasteiger partial charge in [0.1, 0.15) is 18.0 Å². The third-order valence-electron chi connectivity index (χ3n) is 4.17. The van der Waals surface area contributed by atoms with E-state index in [4.69, 9.17) is 9.47 Å². The number of benzene rings is 1. The molecule has 1 aliphatic heterocycles. The van der Waals surface area contributed by atoms with Crippen LogP contribution in [0.4, 0.5) is 14.6 Å². The Labute approximate surface area is 149 Å². The number of anilines is 1. The lowest BCUT2D eigenvalue weighted by molar-refractivity contribution is -0.148. The van der Waals surface area contributed by atoms with Crippen molar-refractivity contribution in [2.24, 2.45) is 5.92 Å². The number of ether oxygens (including phenoxy) is 2. The number of rotatable bonds is 5. The second kappa shape index (κ2) is 8.07. The van der Waals surface area contributed by atoms with Gasteiger partial charge in [-0.2, -0.15) is 0 Å². The monoisotopic (exact) mass is 363 g/mol. The van der Waals surface area contributed by atoms with E-state index in [0.717, 1.165) is 12.1 Å². The Bertz CT molecular complexity index is 780. The number of nitrogens with zero attached hydrogens (tertiary/aromatic N) is 3. The molecule has 0 unspecified atom stereocenters. The van der Waals surface area contributed by atoms with Crippen molar-refractivity contribution in [3.8, 4) is 11.6 Å². The van der Waals surface area contributed by atoms with Gasteiger partial charge in [-0.05, 0) is 31.9 Å². The fourth-order valence-corrected chi connectivity index (χ4v) is 2.83. The molecule has 0 saturated carbocycles. The number of aromatic nitrogens is 2. The van der Waals surface area contributed by atoms with E-state index in [2.05, 4.69) is 9.97 Å². The largest absolute Gasteiger partial charge is 0.466 e. The first-order chi connectivity index (χ1) is 12.6. The van der Waals surface area contributed by atoms with Gasteiger partial charge in [-0.3, -0.25) is 4.79 Å². The van der Waals surface area contributed by atoms with E-state index < -0.39 is 11.6 Å². The summed E-state index contributed by atoms with van der Waals surface area (Å²) in [6.45, 7) is 3.46. The summed E-state index contributed by atoms with van der Waals surface area (Å²) in [4.78, 5) is 22.0. The number of halogens is 2. The lowest BCUT2D eigenvalue weighted by Gasteiger charge is -2.31. The number of carbonyl (C=O) groups excluding carboxylic acids is 1. The molecular formula is C18H19F2N3O3. The molecule has 0 atom stereocenters. The molecule has 0 amide bonds. The lowest BCUT2D eigenvalue weighted by Crippen LogP contribution is -2.37. The maximum absolute atomic E-state index is 13.7. The highest BCUT2D eigenvalue weighted by molar-refractivity contribution is 5.72. The summed E-state index contributed by atoms with van der Waals surface area (Å²) in [6.07, 6.45) is 2.67. The van der Waals surface area contributed by atoms with E-state index in [1.54, 1.807) is 13.0 Å². The molecule has 2 heterocycles. The molecule has 138 valence electrons. The van der Waals surface area contributed by atoms with E-state index in [9.17, 15) is 13.6 Å². The van der Waals surface area contributed by atoms with Crippen molar-refractivity contribution in [3.63, 3.8) is 0 Å². The van der Waals surface area contributed by atoms with Gasteiger partial charge >= 0.3 is 5.97 Å². The molecule has 0 N–H and O–H groups in total. The minimum absolute atomic E-state index is 0.0999. The van der Waals surface area contributed by atoms with Crippen LogP contribution in [0.5, 0.6) is 11.6 Å². The molecule has 2 aromatic rings. The standard InChI is InChI=1S/C18H19F2N3O3/c1-2-25-18(24)12-5-7-23(8-6-12)16-10-17(22-11-21-16)26-15-4-3-13(19)9-14(15)20/h3-4,9-12H,2,5-8H2,1H3. The molecule has 26 heavy (non-hydrogen) atoms. The molecule has 3 rings (SSSR count). The normalized spacial score (nSPS) is 15.0. The van der Waals surface area contributed by atoms with Crippen molar-refractivity contribution in [2.45, 2.75) is 19.8 Å². The Morgan fingerprint density at radius 1 is 1.23 bits per heavy atom. The van der Waals surface area contributed by atoms with Gasteiger partial charge in [0.2, 0.25) is 5.88 Å². The molecule has 8 heteroatoms. The zero-order chi connectivity index (χ0) is 18.5. The van der Waals surface area contributed by atoms with Crippen molar-refractivity contribution in [3.05, 3.63) is 42.2 Å². The van der Waals surface area contributed by atoms with Crippen LogP contribution in [0.2, 0.25) is 0 Å². The van der Waals surface area contributed by atoms with Gasteiger partial charge in [0.25, 0.3) is 0 Å². The molecule has 1 aliphatic rings. The van der Waals surface area contributed by atoms with Gasteiger partial charge in [0.15, 0.2) is 11.6 Å². The smallest absolute Gasteiger partial charge is 0.309 e. The van der Waals surface area contributed by atoms with E-state index in [1.165, 1.54) is 12.4 Å². The maximum atomic E-state index is 13.7. The predicted molar refractivity (Wildman–Crippen MR) is 90.0 cm³/mol. The number of esters is 1. The summed E-state index contributed by atoms with van der Waals surface area (Å²) in [5, 5.41) is 0. The minimum Gasteiger partial charge on any atom is -0.466 e. The van der Waals surface area contributed by atoms with Crippen LogP contribution in [0.3, 0.4) is 0 Å². The first-order valence-corrected chi connectivity index (χ1v) is 8.43. The van der Waals surface area contributed by atoms with E-state index in [0.29, 0.717) is 38.4 Å². The third kappa shape index (κ3) is 4.25. The molecule has 1 aromatic carbocycles. The van der Waals surface area contributed by atoms with Crippen LogP contribution in [-0.4, -0.2) is 35.6 Å². The fourth-order valence-electron chi connectivity index (χ4n) is 2.83. The third-order valence-corrected chi connectivity index (χ3v) is 4.17. The van der Waals surface area contributed by atoms with Crippen LogP contribution >= 0.6 is 0 Å². The lowest BCUT2D eigenvalue weighted by atomic mass is 9.97. The van der Waals surface area contributed by atoms with Gasteiger partial charge in [0, 0.05) is 25.2 Å². The summed E-state index contributed by atoms with van der Waals surface area (Å²) >= 11 is 0. The van der Waals surface area contributed by atoms with Crippen molar-refractivity contribution < 1.29 is 23.0 Å². The SMILES string of the molecule is CCOC(=O)C1CCN(c2cc(Oc3ccc(F)cc3F)ncn2)CC1. The molecule has 0 aliphatic carbocycles. The van der Waals surface area contributed by atoms with E-state index in [-0.39, 0.29) is 23.5 Å². The van der Waals surface area contributed by atoms with Crippen molar-refractivity contribution in [1.82, 2.24) is 9.97 Å². The van der Waals surface area contributed by atoms with Crippen molar-refractivity contribution in [2.75, 3.05) is 24.6 Å². The first kappa shape index (κ1) is 18.0. The fraction of sp³-hybridized carbons (Fsp3) is 0.389. The van der Waals surface area contributed by atoms with Gasteiger partial charge in [-0.15, -0.1) is 0 Å². The topological polar surface area (TPSA) is 64.5 Å². The summed E-state index contributed by atoms with van der Waals surface area (Å²) < 4.78 is 37.1. The molecule has 1 saturated heterocycles. The Kier molecular flexibility index (Phi) is 5.60. The van der Waals surface area contributed by atoms with Crippen molar-refractivity contribution >= 4 is 11.8 Å². The maximum Gasteiger partial charge on any atom is 0.309 e.